The van der Waals surface area contributed by atoms with E-state index in [1.165, 1.54) is 0 Å². The third kappa shape index (κ3) is 4.88. The van der Waals surface area contributed by atoms with Gasteiger partial charge >= 0.3 is 0 Å². The summed E-state index contributed by atoms with van der Waals surface area (Å²) in [5.41, 5.74) is 0. The van der Waals surface area contributed by atoms with Gasteiger partial charge in [-0.05, 0) is 31.7 Å². The van der Waals surface area contributed by atoms with Crippen molar-refractivity contribution in [2.75, 3.05) is 23.8 Å². The molecule has 3 rings (SSSR count). The maximum Gasteiger partial charge on any atom is 0.224 e. The summed E-state index contributed by atoms with van der Waals surface area (Å²) in [6.07, 6.45) is 4.88. The lowest BCUT2D eigenvalue weighted by Gasteiger charge is -2.35. The molecule has 2 aromatic rings. The molecule has 2 aromatic heterocycles. The minimum atomic E-state index is 0.217. The van der Waals surface area contributed by atoms with Crippen molar-refractivity contribution in [3.63, 3.8) is 0 Å². The molecular weight excluding hydrogens is 318 g/mol. The van der Waals surface area contributed by atoms with Crippen LogP contribution in [-0.4, -0.2) is 50.4 Å². The normalized spacial score (nSPS) is 20.6. The van der Waals surface area contributed by atoms with E-state index in [2.05, 4.69) is 49.6 Å². The van der Waals surface area contributed by atoms with Crippen LogP contribution in [0.1, 0.15) is 38.3 Å². The molecule has 25 heavy (non-hydrogen) atoms. The molecule has 0 radical (unpaired) electrons. The van der Waals surface area contributed by atoms with E-state index in [9.17, 15) is 0 Å². The van der Waals surface area contributed by atoms with Crippen LogP contribution in [0.3, 0.4) is 0 Å². The third-order valence-electron chi connectivity index (χ3n) is 4.29. The lowest BCUT2D eigenvalue weighted by atomic mass is 9.94. The molecule has 2 atom stereocenters. The number of anilines is 2. The van der Waals surface area contributed by atoms with Crippen molar-refractivity contribution in [1.82, 2.24) is 25.1 Å². The van der Waals surface area contributed by atoms with Crippen LogP contribution < -0.4 is 10.6 Å². The smallest absolute Gasteiger partial charge is 0.224 e. The van der Waals surface area contributed by atoms with Gasteiger partial charge in [-0.2, -0.15) is 10.1 Å². The maximum absolute atomic E-state index is 5.93. The second-order valence-corrected chi connectivity index (χ2v) is 6.75. The Morgan fingerprint density at radius 2 is 2.24 bits per heavy atom. The summed E-state index contributed by atoms with van der Waals surface area (Å²) in [4.78, 5) is 13.1. The molecule has 136 valence electrons. The van der Waals surface area contributed by atoms with Crippen LogP contribution in [0.25, 0.3) is 0 Å². The molecule has 1 saturated heterocycles. The molecule has 3 N–H and O–H groups in total. The Balaban J connectivity index is 1.55. The van der Waals surface area contributed by atoms with Crippen LogP contribution in [0.4, 0.5) is 11.8 Å². The van der Waals surface area contributed by atoms with Gasteiger partial charge in [0.05, 0.1) is 12.1 Å². The summed E-state index contributed by atoms with van der Waals surface area (Å²) < 4.78 is 5.93. The monoisotopic (exact) mass is 345 g/mol. The molecule has 0 aliphatic carbocycles. The van der Waals surface area contributed by atoms with Gasteiger partial charge in [0.25, 0.3) is 0 Å². The van der Waals surface area contributed by atoms with Crippen molar-refractivity contribution >= 4 is 11.8 Å². The highest BCUT2D eigenvalue weighted by molar-refractivity contribution is 5.40. The van der Waals surface area contributed by atoms with Gasteiger partial charge in [-0.1, -0.05) is 13.8 Å². The molecule has 0 spiro atoms. The number of aromatic nitrogens is 5. The van der Waals surface area contributed by atoms with E-state index in [4.69, 9.17) is 4.74 Å². The Labute approximate surface area is 148 Å². The number of hydrogen-bond donors (Lipinski definition) is 3. The summed E-state index contributed by atoms with van der Waals surface area (Å²) >= 11 is 0. The van der Waals surface area contributed by atoms with Crippen LogP contribution in [0.2, 0.25) is 0 Å². The molecule has 0 saturated carbocycles. The standard InChI is InChI=1S/C17H27N7O/c1-11(2)16-13(5-4-10-25-16)21-14-6-8-18-17(22-14)19-9-7-15-20-12(3)23-24-15/h6,8,11,13,16H,4-5,7,9-10H2,1-3H3,(H,20,23,24)(H2,18,19,21,22). The SMILES string of the molecule is Cc1nc(CCNc2nccc(NC3CCCOC3C(C)C)n2)n[nH]1. The largest absolute Gasteiger partial charge is 0.376 e. The van der Waals surface area contributed by atoms with E-state index in [-0.39, 0.29) is 12.1 Å². The fourth-order valence-electron chi connectivity index (χ4n) is 3.12. The lowest BCUT2D eigenvalue weighted by Crippen LogP contribution is -2.43. The van der Waals surface area contributed by atoms with Crippen molar-refractivity contribution in [3.8, 4) is 0 Å². The number of aromatic amines is 1. The van der Waals surface area contributed by atoms with Crippen LogP contribution in [-0.2, 0) is 11.2 Å². The molecule has 0 bridgehead atoms. The minimum absolute atomic E-state index is 0.217. The second kappa shape index (κ2) is 8.24. The van der Waals surface area contributed by atoms with Gasteiger partial charge in [-0.3, -0.25) is 5.10 Å². The number of rotatable bonds is 7. The van der Waals surface area contributed by atoms with Crippen molar-refractivity contribution in [2.24, 2.45) is 5.92 Å². The number of nitrogens with zero attached hydrogens (tertiary/aromatic N) is 4. The van der Waals surface area contributed by atoms with E-state index in [1.807, 2.05) is 13.0 Å². The summed E-state index contributed by atoms with van der Waals surface area (Å²) in [7, 11) is 0. The molecular formula is C17H27N7O. The zero-order valence-corrected chi connectivity index (χ0v) is 15.1. The summed E-state index contributed by atoms with van der Waals surface area (Å²) in [6, 6.07) is 2.18. The highest BCUT2D eigenvalue weighted by Crippen LogP contribution is 2.23. The van der Waals surface area contributed by atoms with Gasteiger partial charge in [0.15, 0.2) is 5.82 Å². The van der Waals surface area contributed by atoms with Crippen LogP contribution >= 0.6 is 0 Å². The van der Waals surface area contributed by atoms with Gasteiger partial charge in [0.1, 0.15) is 11.6 Å². The Hall–Kier alpha value is -2.22. The van der Waals surface area contributed by atoms with E-state index >= 15 is 0 Å². The van der Waals surface area contributed by atoms with Crippen molar-refractivity contribution in [1.29, 1.82) is 0 Å². The van der Waals surface area contributed by atoms with Crippen LogP contribution in [0, 0.1) is 12.8 Å². The maximum atomic E-state index is 5.93. The molecule has 1 aliphatic rings. The molecule has 1 aliphatic heterocycles. The number of nitrogens with one attached hydrogen (secondary N) is 3. The van der Waals surface area contributed by atoms with Crippen LogP contribution in [0.5, 0.6) is 0 Å². The molecule has 1 fully saturated rings. The molecule has 8 nitrogen and oxygen atoms in total. The third-order valence-corrected chi connectivity index (χ3v) is 4.29. The Kier molecular flexibility index (Phi) is 5.80. The fourth-order valence-corrected chi connectivity index (χ4v) is 3.12. The van der Waals surface area contributed by atoms with Crippen molar-refractivity contribution < 1.29 is 4.74 Å². The molecule has 0 amide bonds. The highest BCUT2D eigenvalue weighted by Gasteiger charge is 2.28. The quantitative estimate of drug-likeness (QED) is 0.707. The van der Waals surface area contributed by atoms with Gasteiger partial charge in [0, 0.05) is 25.8 Å². The van der Waals surface area contributed by atoms with E-state index in [0.717, 1.165) is 43.3 Å². The first-order valence-corrected chi connectivity index (χ1v) is 8.95. The van der Waals surface area contributed by atoms with Crippen molar-refractivity contribution in [3.05, 3.63) is 23.9 Å². The lowest BCUT2D eigenvalue weighted by molar-refractivity contribution is -0.0203. The van der Waals surface area contributed by atoms with Crippen molar-refractivity contribution in [2.45, 2.75) is 52.2 Å². The zero-order valence-electron chi connectivity index (χ0n) is 15.1. The first kappa shape index (κ1) is 17.6. The predicted octanol–water partition coefficient (Wildman–Crippen LogP) is 2.17. The Morgan fingerprint density at radius 3 is 3.00 bits per heavy atom. The number of hydrogen-bond acceptors (Lipinski definition) is 7. The first-order chi connectivity index (χ1) is 12.1. The van der Waals surface area contributed by atoms with Crippen LogP contribution in [0.15, 0.2) is 12.3 Å². The van der Waals surface area contributed by atoms with E-state index < -0.39 is 0 Å². The number of ether oxygens (including phenoxy) is 1. The van der Waals surface area contributed by atoms with Gasteiger partial charge in [0.2, 0.25) is 5.95 Å². The number of H-pyrrole nitrogens is 1. The molecule has 2 unspecified atom stereocenters. The summed E-state index contributed by atoms with van der Waals surface area (Å²) in [5.74, 6) is 3.52. The highest BCUT2D eigenvalue weighted by atomic mass is 16.5. The fraction of sp³-hybridized carbons (Fsp3) is 0.647. The summed E-state index contributed by atoms with van der Waals surface area (Å²) in [6.45, 7) is 7.81. The molecule has 8 heteroatoms. The number of aryl methyl sites for hydroxylation is 1. The Morgan fingerprint density at radius 1 is 1.36 bits per heavy atom. The molecule has 3 heterocycles. The minimum Gasteiger partial charge on any atom is -0.376 e. The topological polar surface area (TPSA) is 101 Å². The average Bonchev–Trinajstić information content (AvgIpc) is 3.01. The zero-order chi connectivity index (χ0) is 17.6. The summed E-state index contributed by atoms with van der Waals surface area (Å²) in [5, 5.41) is 13.7. The van der Waals surface area contributed by atoms with E-state index in [0.29, 0.717) is 18.4 Å². The van der Waals surface area contributed by atoms with Gasteiger partial charge < -0.3 is 15.4 Å². The van der Waals surface area contributed by atoms with E-state index in [1.54, 1.807) is 6.20 Å². The molecule has 0 aromatic carbocycles. The predicted molar refractivity (Wildman–Crippen MR) is 96.6 cm³/mol. The van der Waals surface area contributed by atoms with Gasteiger partial charge in [-0.25, -0.2) is 9.97 Å². The van der Waals surface area contributed by atoms with Gasteiger partial charge in [-0.15, -0.1) is 0 Å². The Bertz CT molecular complexity index is 673. The first-order valence-electron chi connectivity index (χ1n) is 8.95. The second-order valence-electron chi connectivity index (χ2n) is 6.75. The average molecular weight is 345 g/mol.